The van der Waals surface area contributed by atoms with E-state index in [2.05, 4.69) is 46.3 Å². The van der Waals surface area contributed by atoms with Gasteiger partial charge in [0, 0.05) is 43.4 Å². The molecule has 1 heterocycles. The number of anilines is 1. The summed E-state index contributed by atoms with van der Waals surface area (Å²) in [7, 11) is 0. The van der Waals surface area contributed by atoms with E-state index < -0.39 is 0 Å². The van der Waals surface area contributed by atoms with Crippen molar-refractivity contribution in [1.82, 2.24) is 10.2 Å². The minimum Gasteiger partial charge on any atom is -0.484 e. The van der Waals surface area contributed by atoms with Crippen molar-refractivity contribution < 1.29 is 9.53 Å². The summed E-state index contributed by atoms with van der Waals surface area (Å²) in [6.07, 6.45) is 2.06. The van der Waals surface area contributed by atoms with E-state index in [4.69, 9.17) is 16.3 Å². The van der Waals surface area contributed by atoms with Crippen LogP contribution in [0.5, 0.6) is 5.75 Å². The molecule has 2 aromatic rings. The zero-order valence-electron chi connectivity index (χ0n) is 17.1. The van der Waals surface area contributed by atoms with Crippen molar-refractivity contribution in [2.24, 2.45) is 0 Å². The summed E-state index contributed by atoms with van der Waals surface area (Å²) >= 11 is 5.90. The number of rotatable bonds is 9. The first-order chi connectivity index (χ1) is 14.1. The van der Waals surface area contributed by atoms with Crippen LogP contribution >= 0.6 is 11.6 Å². The van der Waals surface area contributed by atoms with E-state index in [1.165, 1.54) is 11.3 Å². The van der Waals surface area contributed by atoms with Crippen molar-refractivity contribution in [3.05, 3.63) is 59.1 Å². The van der Waals surface area contributed by atoms with Crippen molar-refractivity contribution >= 4 is 23.2 Å². The van der Waals surface area contributed by atoms with Gasteiger partial charge < -0.3 is 15.0 Å². The van der Waals surface area contributed by atoms with Crippen LogP contribution in [0, 0.1) is 6.92 Å². The maximum atomic E-state index is 11.9. The van der Waals surface area contributed by atoms with Crippen LogP contribution in [0.15, 0.2) is 48.5 Å². The van der Waals surface area contributed by atoms with Gasteiger partial charge in [0.15, 0.2) is 6.61 Å². The Bertz CT molecular complexity index is 791. The first kappa shape index (κ1) is 21.5. The highest BCUT2D eigenvalue weighted by molar-refractivity contribution is 6.30. The average Bonchev–Trinajstić information content (AvgIpc) is 2.72. The number of carbonyl (C=O) groups excluding carboxylic acids is 1. The lowest BCUT2D eigenvalue weighted by Crippen LogP contribution is -2.46. The molecule has 6 heteroatoms. The van der Waals surface area contributed by atoms with Crippen molar-refractivity contribution in [2.75, 3.05) is 50.8 Å². The molecule has 2 aromatic carbocycles. The number of piperazine rings is 1. The number of ether oxygens (including phenoxy) is 1. The van der Waals surface area contributed by atoms with E-state index in [1.807, 2.05) is 0 Å². The molecule has 3 rings (SSSR count). The first-order valence-corrected chi connectivity index (χ1v) is 10.7. The number of carbonyl (C=O) groups is 1. The minimum absolute atomic E-state index is 0.0151. The first-order valence-electron chi connectivity index (χ1n) is 10.3. The van der Waals surface area contributed by atoms with E-state index in [0.29, 0.717) is 17.3 Å². The van der Waals surface area contributed by atoms with Crippen LogP contribution in [-0.4, -0.2) is 56.7 Å². The summed E-state index contributed by atoms with van der Waals surface area (Å²) in [4.78, 5) is 16.8. The lowest BCUT2D eigenvalue weighted by molar-refractivity contribution is -0.123. The number of amides is 1. The van der Waals surface area contributed by atoms with Gasteiger partial charge in [-0.15, -0.1) is 0 Å². The molecule has 1 aliphatic rings. The molecule has 29 heavy (non-hydrogen) atoms. The molecule has 0 radical (unpaired) electrons. The number of hydrogen-bond donors (Lipinski definition) is 1. The van der Waals surface area contributed by atoms with E-state index >= 15 is 0 Å². The summed E-state index contributed by atoms with van der Waals surface area (Å²) in [6.45, 7) is 8.24. The molecule has 0 spiro atoms. The third-order valence-electron chi connectivity index (χ3n) is 5.13. The number of hydrogen-bond acceptors (Lipinski definition) is 4. The standard InChI is InChI=1S/C23H30ClN3O2/c1-19-6-4-8-21(16-19)27-14-12-26(13-15-27)11-3-2-10-25-23(28)18-29-22-9-5-7-20(24)17-22/h4-9,16-17H,2-3,10-15,18H2,1H3,(H,25,28). The predicted molar refractivity (Wildman–Crippen MR) is 119 cm³/mol. The molecule has 0 aliphatic carbocycles. The monoisotopic (exact) mass is 415 g/mol. The van der Waals surface area contributed by atoms with Crippen molar-refractivity contribution in [1.29, 1.82) is 0 Å². The molecule has 0 bridgehead atoms. The molecule has 5 nitrogen and oxygen atoms in total. The summed E-state index contributed by atoms with van der Waals surface area (Å²) in [5.74, 6) is 0.509. The third-order valence-corrected chi connectivity index (χ3v) is 5.36. The van der Waals surface area contributed by atoms with Gasteiger partial charge in [0.25, 0.3) is 5.91 Å². The Labute approximate surface area is 178 Å². The Balaban J connectivity index is 1.24. The highest BCUT2D eigenvalue weighted by Gasteiger charge is 2.16. The zero-order chi connectivity index (χ0) is 20.5. The molecular weight excluding hydrogens is 386 g/mol. The quantitative estimate of drug-likeness (QED) is 0.633. The number of halogens is 1. The zero-order valence-corrected chi connectivity index (χ0v) is 17.8. The topological polar surface area (TPSA) is 44.8 Å². The maximum absolute atomic E-state index is 11.9. The Kier molecular flexibility index (Phi) is 8.20. The number of aryl methyl sites for hydroxylation is 1. The van der Waals surface area contributed by atoms with Gasteiger partial charge in [-0.1, -0.05) is 29.8 Å². The highest BCUT2D eigenvalue weighted by atomic mass is 35.5. The van der Waals surface area contributed by atoms with Gasteiger partial charge in [0.05, 0.1) is 0 Å². The molecule has 0 unspecified atom stereocenters. The van der Waals surface area contributed by atoms with Gasteiger partial charge in [-0.3, -0.25) is 9.69 Å². The summed E-state index contributed by atoms with van der Waals surface area (Å²) < 4.78 is 5.45. The highest BCUT2D eigenvalue weighted by Crippen LogP contribution is 2.18. The Hall–Kier alpha value is -2.24. The average molecular weight is 416 g/mol. The van der Waals surface area contributed by atoms with Gasteiger partial charge >= 0.3 is 0 Å². The van der Waals surface area contributed by atoms with Crippen LogP contribution < -0.4 is 15.0 Å². The number of nitrogens with one attached hydrogen (secondary N) is 1. The van der Waals surface area contributed by atoms with Crippen LogP contribution in [-0.2, 0) is 4.79 Å². The molecule has 156 valence electrons. The Morgan fingerprint density at radius 1 is 1.07 bits per heavy atom. The van der Waals surface area contributed by atoms with Crippen molar-refractivity contribution in [3.8, 4) is 5.75 Å². The van der Waals surface area contributed by atoms with Crippen LogP contribution in [0.25, 0.3) is 0 Å². The van der Waals surface area contributed by atoms with Gasteiger partial charge in [-0.05, 0) is 62.2 Å². The summed E-state index contributed by atoms with van der Waals surface area (Å²) in [5, 5.41) is 3.52. The second-order valence-electron chi connectivity index (χ2n) is 7.47. The molecule has 0 saturated carbocycles. The van der Waals surface area contributed by atoms with E-state index in [9.17, 15) is 4.79 Å². The lowest BCUT2D eigenvalue weighted by atomic mass is 10.2. The molecule has 0 atom stereocenters. The predicted octanol–water partition coefficient (Wildman–Crippen LogP) is 3.75. The lowest BCUT2D eigenvalue weighted by Gasteiger charge is -2.36. The van der Waals surface area contributed by atoms with Crippen LogP contribution in [0.1, 0.15) is 18.4 Å². The number of nitrogens with zero attached hydrogens (tertiary/aromatic N) is 2. The molecular formula is C23H30ClN3O2. The van der Waals surface area contributed by atoms with Gasteiger partial charge in [-0.25, -0.2) is 0 Å². The normalized spacial score (nSPS) is 14.6. The largest absolute Gasteiger partial charge is 0.484 e. The Morgan fingerprint density at radius 2 is 1.86 bits per heavy atom. The van der Waals surface area contributed by atoms with Gasteiger partial charge in [0.2, 0.25) is 0 Å². The third kappa shape index (κ3) is 7.26. The molecule has 1 saturated heterocycles. The molecule has 1 aliphatic heterocycles. The van der Waals surface area contributed by atoms with Crippen molar-refractivity contribution in [2.45, 2.75) is 19.8 Å². The van der Waals surface area contributed by atoms with E-state index in [1.54, 1.807) is 24.3 Å². The number of benzene rings is 2. The van der Waals surface area contributed by atoms with Gasteiger partial charge in [-0.2, -0.15) is 0 Å². The van der Waals surface area contributed by atoms with Crippen LogP contribution in [0.2, 0.25) is 5.02 Å². The van der Waals surface area contributed by atoms with Gasteiger partial charge in [0.1, 0.15) is 5.75 Å². The second-order valence-corrected chi connectivity index (χ2v) is 7.91. The molecule has 1 amide bonds. The minimum atomic E-state index is -0.100. The van der Waals surface area contributed by atoms with Crippen LogP contribution in [0.4, 0.5) is 5.69 Å². The van der Waals surface area contributed by atoms with Crippen LogP contribution in [0.3, 0.4) is 0 Å². The second kappa shape index (κ2) is 11.1. The Morgan fingerprint density at radius 3 is 2.62 bits per heavy atom. The number of unbranched alkanes of at least 4 members (excludes halogenated alkanes) is 1. The molecule has 0 aromatic heterocycles. The summed E-state index contributed by atoms with van der Waals surface area (Å²) in [6, 6.07) is 15.8. The fraction of sp³-hybridized carbons (Fsp3) is 0.435. The summed E-state index contributed by atoms with van der Waals surface area (Å²) in [5.41, 5.74) is 2.64. The fourth-order valence-corrected chi connectivity index (χ4v) is 3.68. The van der Waals surface area contributed by atoms with Crippen molar-refractivity contribution in [3.63, 3.8) is 0 Å². The maximum Gasteiger partial charge on any atom is 0.257 e. The fourth-order valence-electron chi connectivity index (χ4n) is 3.50. The molecule has 1 fully saturated rings. The van der Waals surface area contributed by atoms with E-state index in [0.717, 1.165) is 45.6 Å². The smallest absolute Gasteiger partial charge is 0.257 e. The SMILES string of the molecule is Cc1cccc(N2CCN(CCCCNC(=O)COc3cccc(Cl)c3)CC2)c1. The van der Waals surface area contributed by atoms with E-state index in [-0.39, 0.29) is 12.5 Å². The molecule has 1 N–H and O–H groups in total.